The Bertz CT molecular complexity index is 1250. The second-order valence-corrected chi connectivity index (χ2v) is 12.0. The van der Waals surface area contributed by atoms with Crippen molar-refractivity contribution in [2.75, 3.05) is 7.11 Å². The van der Waals surface area contributed by atoms with Gasteiger partial charge in [-0.05, 0) is 48.9 Å². The van der Waals surface area contributed by atoms with Gasteiger partial charge in [-0.3, -0.25) is 4.79 Å². The molecule has 3 aromatic carbocycles. The van der Waals surface area contributed by atoms with E-state index in [1.165, 1.54) is 23.9 Å². The lowest BCUT2D eigenvalue weighted by Gasteiger charge is -2.28. The van der Waals surface area contributed by atoms with Crippen molar-refractivity contribution in [3.63, 3.8) is 0 Å². The number of aryl methyl sites for hydroxylation is 1. The Hall–Kier alpha value is -2.19. The smallest absolute Gasteiger partial charge is 0.274 e. The highest BCUT2D eigenvalue weighted by molar-refractivity contribution is 8.01. The van der Waals surface area contributed by atoms with Crippen LogP contribution in [0.25, 0.3) is 0 Å². The number of hydrogen-bond donors (Lipinski definition) is 0. The first-order valence-electron chi connectivity index (χ1n) is 10.1. The van der Waals surface area contributed by atoms with E-state index in [0.29, 0.717) is 11.3 Å². The maximum Gasteiger partial charge on any atom is 0.274 e. The first-order valence-corrected chi connectivity index (χ1v) is 13.1. The molecule has 0 spiro atoms. The molecule has 4 rings (SSSR count). The molecule has 1 fully saturated rings. The molecular weight excluding hydrogens is 501 g/mol. The monoisotopic (exact) mass is 521 g/mol. The van der Waals surface area contributed by atoms with Gasteiger partial charge in [0.15, 0.2) is 0 Å². The topological polar surface area (TPSA) is 63.7 Å². The first-order chi connectivity index (χ1) is 15.7. The summed E-state index contributed by atoms with van der Waals surface area (Å²) in [6.07, 6.45) is 0. The van der Waals surface area contributed by atoms with E-state index in [4.69, 9.17) is 27.9 Å². The van der Waals surface area contributed by atoms with Crippen molar-refractivity contribution in [1.82, 2.24) is 4.31 Å². The molecule has 172 valence electrons. The van der Waals surface area contributed by atoms with Crippen LogP contribution in [-0.2, 0) is 14.8 Å². The average Bonchev–Trinajstić information content (AvgIpc) is 3.00. The molecule has 0 N–H and O–H groups in total. The number of hydrogen-bond acceptors (Lipinski definition) is 5. The Morgan fingerprint density at radius 3 is 2.12 bits per heavy atom. The molecule has 9 heteroatoms. The standard InChI is InChI=1S/C24H21Cl2NO4S2/c1-16-8-14-20(15-9-16)33(29,30)27-22(32-19-6-4-3-5-7-19)21(24(25,26)23(27)28)17-10-12-18(31-2)13-11-17/h3-15,21-22H,1-2H3/t21-,22-/m0/s1. The van der Waals surface area contributed by atoms with Crippen molar-refractivity contribution in [1.29, 1.82) is 0 Å². The SMILES string of the molecule is COc1ccc([C@H]2[C@H](Sc3ccccc3)N(S(=O)(=O)c3ccc(C)cc3)C(=O)C2(Cl)Cl)cc1. The zero-order valence-corrected chi connectivity index (χ0v) is 21.0. The van der Waals surface area contributed by atoms with Crippen LogP contribution in [0.5, 0.6) is 5.75 Å². The molecule has 33 heavy (non-hydrogen) atoms. The van der Waals surface area contributed by atoms with E-state index in [0.717, 1.165) is 14.8 Å². The Kier molecular flexibility index (Phi) is 6.69. The molecular formula is C24H21Cl2NO4S2. The van der Waals surface area contributed by atoms with Crippen LogP contribution in [0, 0.1) is 6.92 Å². The summed E-state index contributed by atoms with van der Waals surface area (Å²) in [5.74, 6) is -1.08. The molecule has 0 aromatic heterocycles. The molecule has 0 radical (unpaired) electrons. The number of carbonyl (C=O) groups is 1. The third kappa shape index (κ3) is 4.47. The second-order valence-electron chi connectivity index (χ2n) is 7.61. The maximum absolute atomic E-state index is 13.7. The molecule has 0 unspecified atom stereocenters. The third-order valence-electron chi connectivity index (χ3n) is 5.44. The molecule has 5 nitrogen and oxygen atoms in total. The highest BCUT2D eigenvalue weighted by atomic mass is 35.5. The summed E-state index contributed by atoms with van der Waals surface area (Å²) in [7, 11) is -2.68. The van der Waals surface area contributed by atoms with E-state index in [2.05, 4.69) is 0 Å². The van der Waals surface area contributed by atoms with Gasteiger partial charge in [-0.25, -0.2) is 12.7 Å². The summed E-state index contributed by atoms with van der Waals surface area (Å²) in [5, 5.41) is -0.908. The highest BCUT2D eigenvalue weighted by Crippen LogP contribution is 2.55. The minimum Gasteiger partial charge on any atom is -0.497 e. The number of thioether (sulfide) groups is 1. The van der Waals surface area contributed by atoms with Crippen LogP contribution in [0.2, 0.25) is 0 Å². The normalized spacial score (nSPS) is 20.1. The summed E-state index contributed by atoms with van der Waals surface area (Å²) < 4.78 is 31.4. The van der Waals surface area contributed by atoms with E-state index in [1.54, 1.807) is 43.5 Å². The Morgan fingerprint density at radius 1 is 0.939 bits per heavy atom. The largest absolute Gasteiger partial charge is 0.497 e. The maximum atomic E-state index is 13.7. The molecule has 2 atom stereocenters. The van der Waals surface area contributed by atoms with E-state index in [9.17, 15) is 13.2 Å². The van der Waals surface area contributed by atoms with E-state index in [-0.39, 0.29) is 4.90 Å². The number of carbonyl (C=O) groups excluding carboxylic acids is 1. The van der Waals surface area contributed by atoms with Crippen molar-refractivity contribution in [2.24, 2.45) is 0 Å². The fraction of sp³-hybridized carbons (Fsp3) is 0.208. The Labute approximate surface area is 207 Å². The predicted molar refractivity (Wildman–Crippen MR) is 131 cm³/mol. The lowest BCUT2D eigenvalue weighted by atomic mass is 9.97. The molecule has 0 bridgehead atoms. The zero-order chi connectivity index (χ0) is 23.8. The van der Waals surface area contributed by atoms with Crippen molar-refractivity contribution in [3.05, 3.63) is 90.0 Å². The quantitative estimate of drug-likeness (QED) is 0.394. The third-order valence-corrected chi connectivity index (χ3v) is 9.42. The van der Waals surface area contributed by atoms with Gasteiger partial charge < -0.3 is 4.74 Å². The van der Waals surface area contributed by atoms with Gasteiger partial charge in [-0.1, -0.05) is 83.0 Å². The molecule has 1 amide bonds. The number of nitrogens with zero attached hydrogens (tertiary/aromatic N) is 1. The van der Waals surface area contributed by atoms with Crippen LogP contribution in [0.1, 0.15) is 17.0 Å². The van der Waals surface area contributed by atoms with Gasteiger partial charge >= 0.3 is 0 Å². The van der Waals surface area contributed by atoms with Crippen LogP contribution in [-0.4, -0.2) is 35.4 Å². The van der Waals surface area contributed by atoms with Crippen LogP contribution >= 0.6 is 35.0 Å². The Balaban J connectivity index is 1.86. The fourth-order valence-electron chi connectivity index (χ4n) is 3.72. The minimum atomic E-state index is -4.23. The van der Waals surface area contributed by atoms with Gasteiger partial charge in [0.05, 0.1) is 17.9 Å². The summed E-state index contributed by atoms with van der Waals surface area (Å²) in [4.78, 5) is 14.2. The number of rotatable bonds is 6. The number of sulfonamides is 1. The van der Waals surface area contributed by atoms with Crippen LogP contribution < -0.4 is 4.74 Å². The van der Waals surface area contributed by atoms with Crippen molar-refractivity contribution < 1.29 is 17.9 Å². The summed E-state index contributed by atoms with van der Waals surface area (Å²) in [6.45, 7) is 1.85. The Morgan fingerprint density at radius 2 is 1.55 bits per heavy atom. The summed E-state index contributed by atoms with van der Waals surface area (Å²) >= 11 is 14.5. The second kappa shape index (κ2) is 9.22. The fourth-order valence-corrected chi connectivity index (χ4v) is 7.86. The minimum absolute atomic E-state index is 0.000346. The number of benzene rings is 3. The van der Waals surface area contributed by atoms with Crippen LogP contribution in [0.3, 0.4) is 0 Å². The van der Waals surface area contributed by atoms with E-state index in [1.807, 2.05) is 37.3 Å². The zero-order valence-electron chi connectivity index (χ0n) is 17.8. The van der Waals surface area contributed by atoms with Crippen LogP contribution in [0.4, 0.5) is 0 Å². The van der Waals surface area contributed by atoms with Gasteiger partial charge in [0.1, 0.15) is 11.1 Å². The summed E-state index contributed by atoms with van der Waals surface area (Å²) in [6, 6.07) is 22.5. The predicted octanol–water partition coefficient (Wildman–Crippen LogP) is 5.61. The molecule has 1 aliphatic rings. The molecule has 0 aliphatic carbocycles. The van der Waals surface area contributed by atoms with Crippen LogP contribution in [0.15, 0.2) is 88.7 Å². The number of alkyl halides is 2. The van der Waals surface area contributed by atoms with E-state index >= 15 is 0 Å². The summed E-state index contributed by atoms with van der Waals surface area (Å²) in [5.41, 5.74) is 1.53. The number of methoxy groups -OCH3 is 1. The molecule has 3 aromatic rings. The number of amides is 1. The van der Waals surface area contributed by atoms with Gasteiger partial charge in [0.25, 0.3) is 15.9 Å². The lowest BCUT2D eigenvalue weighted by molar-refractivity contribution is -0.124. The molecule has 1 heterocycles. The van der Waals surface area contributed by atoms with Gasteiger partial charge in [-0.2, -0.15) is 0 Å². The number of halogens is 2. The van der Waals surface area contributed by atoms with Crippen molar-refractivity contribution >= 4 is 50.9 Å². The average molecular weight is 522 g/mol. The van der Waals surface area contributed by atoms with E-state index < -0.39 is 31.6 Å². The van der Waals surface area contributed by atoms with Gasteiger partial charge in [0, 0.05) is 4.90 Å². The molecule has 1 saturated heterocycles. The highest BCUT2D eigenvalue weighted by Gasteiger charge is 2.62. The molecule has 1 aliphatic heterocycles. The van der Waals surface area contributed by atoms with Crippen molar-refractivity contribution in [2.45, 2.75) is 32.3 Å². The van der Waals surface area contributed by atoms with Gasteiger partial charge in [0.2, 0.25) is 4.33 Å². The molecule has 0 saturated carbocycles. The lowest BCUT2D eigenvalue weighted by Crippen LogP contribution is -2.39. The number of ether oxygens (including phenoxy) is 1. The van der Waals surface area contributed by atoms with Crippen molar-refractivity contribution in [3.8, 4) is 5.75 Å². The first kappa shape index (κ1) is 24.0. The van der Waals surface area contributed by atoms with Gasteiger partial charge in [-0.15, -0.1) is 0 Å².